The summed E-state index contributed by atoms with van der Waals surface area (Å²) in [6.07, 6.45) is 13.2. The van der Waals surface area contributed by atoms with Gasteiger partial charge in [-0.05, 0) is 115 Å². The number of hydrogen-bond donors (Lipinski definition) is 0. The largest absolute Gasteiger partial charge is 0.462 e. The molecule has 2 heteroatoms. The number of esters is 1. The molecule has 0 aromatic rings. The standard InChI is InChI=1S/C32H52O2/c1-20-12-15-29(6)18-19-31(8)23(27(29)21(20)2)10-11-25-30(7)16-14-26(34-22(3)33)28(4,5)24(30)13-17-32(25,31)9/h21,23-27H,1,10-19H2,2-9H3/t21-,23-,24-,25+,26+,27+,29-,30-,31+,32+/m0/s1. The highest BCUT2D eigenvalue weighted by atomic mass is 16.5. The van der Waals surface area contributed by atoms with Crippen LogP contribution in [0.4, 0.5) is 0 Å². The maximum absolute atomic E-state index is 11.9. The lowest BCUT2D eigenvalue weighted by Crippen LogP contribution is -2.67. The molecule has 34 heavy (non-hydrogen) atoms. The Morgan fingerprint density at radius 2 is 1.56 bits per heavy atom. The maximum atomic E-state index is 11.9. The van der Waals surface area contributed by atoms with Gasteiger partial charge in [-0.25, -0.2) is 0 Å². The van der Waals surface area contributed by atoms with E-state index in [9.17, 15) is 4.79 Å². The number of carbonyl (C=O) groups excluding carboxylic acids is 1. The molecule has 192 valence electrons. The molecule has 0 bridgehead atoms. The fraction of sp³-hybridized carbons (Fsp3) is 0.906. The number of ether oxygens (including phenoxy) is 1. The maximum Gasteiger partial charge on any atom is 0.302 e. The first-order valence-electron chi connectivity index (χ1n) is 14.6. The number of hydrogen-bond acceptors (Lipinski definition) is 2. The predicted molar refractivity (Wildman–Crippen MR) is 140 cm³/mol. The van der Waals surface area contributed by atoms with Crippen LogP contribution in [0.3, 0.4) is 0 Å². The molecule has 5 saturated carbocycles. The van der Waals surface area contributed by atoms with Crippen LogP contribution in [0.1, 0.15) is 120 Å². The molecule has 0 N–H and O–H groups in total. The van der Waals surface area contributed by atoms with Gasteiger partial charge in [-0.15, -0.1) is 0 Å². The van der Waals surface area contributed by atoms with Crippen molar-refractivity contribution in [1.82, 2.24) is 0 Å². The Morgan fingerprint density at radius 1 is 0.853 bits per heavy atom. The van der Waals surface area contributed by atoms with Gasteiger partial charge in [-0.3, -0.25) is 4.79 Å². The quantitative estimate of drug-likeness (QED) is 0.284. The zero-order chi connectivity index (χ0) is 24.9. The molecule has 0 aromatic heterocycles. The van der Waals surface area contributed by atoms with Crippen LogP contribution in [0.2, 0.25) is 0 Å². The molecular weight excluding hydrogens is 416 g/mol. The third-order valence-electron chi connectivity index (χ3n) is 13.8. The van der Waals surface area contributed by atoms with Crippen molar-refractivity contribution < 1.29 is 9.53 Å². The van der Waals surface area contributed by atoms with E-state index in [2.05, 4.69) is 55.0 Å². The first kappa shape index (κ1) is 24.9. The summed E-state index contributed by atoms with van der Waals surface area (Å²) in [4.78, 5) is 11.9. The van der Waals surface area contributed by atoms with Crippen molar-refractivity contribution in [3.8, 4) is 0 Å². The van der Waals surface area contributed by atoms with E-state index in [0.717, 1.165) is 24.2 Å². The summed E-state index contributed by atoms with van der Waals surface area (Å²) in [5, 5.41) is 0. The van der Waals surface area contributed by atoms with Crippen LogP contribution in [0, 0.1) is 56.7 Å². The van der Waals surface area contributed by atoms with Crippen molar-refractivity contribution in [2.24, 2.45) is 56.7 Å². The molecule has 0 unspecified atom stereocenters. The van der Waals surface area contributed by atoms with Crippen LogP contribution in [-0.4, -0.2) is 12.1 Å². The van der Waals surface area contributed by atoms with E-state index in [1.165, 1.54) is 63.4 Å². The number of carbonyl (C=O) groups is 1. The molecule has 0 saturated heterocycles. The molecule has 0 heterocycles. The van der Waals surface area contributed by atoms with Crippen LogP contribution in [0.25, 0.3) is 0 Å². The van der Waals surface area contributed by atoms with Gasteiger partial charge in [0.15, 0.2) is 0 Å². The summed E-state index contributed by atoms with van der Waals surface area (Å²) in [6.45, 7) is 24.2. The van der Waals surface area contributed by atoms with E-state index < -0.39 is 0 Å². The highest BCUT2D eigenvalue weighted by molar-refractivity contribution is 5.66. The molecule has 5 aliphatic rings. The topological polar surface area (TPSA) is 26.3 Å². The van der Waals surface area contributed by atoms with Crippen molar-refractivity contribution in [1.29, 1.82) is 0 Å². The number of allylic oxidation sites excluding steroid dienone is 1. The van der Waals surface area contributed by atoms with E-state index in [1.807, 2.05) is 0 Å². The van der Waals surface area contributed by atoms with Gasteiger partial charge in [0.05, 0.1) is 0 Å². The second-order valence-electron chi connectivity index (χ2n) is 15.3. The highest BCUT2D eigenvalue weighted by Crippen LogP contribution is 2.77. The van der Waals surface area contributed by atoms with Crippen LogP contribution in [0.15, 0.2) is 12.2 Å². The minimum absolute atomic E-state index is 0.0541. The van der Waals surface area contributed by atoms with Gasteiger partial charge >= 0.3 is 5.97 Å². The summed E-state index contributed by atoms with van der Waals surface area (Å²) in [5.74, 6) is 3.64. The first-order valence-corrected chi connectivity index (χ1v) is 14.6. The molecule has 10 atom stereocenters. The van der Waals surface area contributed by atoms with Crippen LogP contribution in [-0.2, 0) is 9.53 Å². The summed E-state index contributed by atoms with van der Waals surface area (Å²) in [5.41, 5.74) is 3.28. The molecule has 0 amide bonds. The minimum Gasteiger partial charge on any atom is -0.462 e. The third-order valence-corrected chi connectivity index (χ3v) is 13.8. The monoisotopic (exact) mass is 468 g/mol. The highest BCUT2D eigenvalue weighted by Gasteiger charge is 2.70. The van der Waals surface area contributed by atoms with E-state index in [-0.39, 0.29) is 17.5 Å². The summed E-state index contributed by atoms with van der Waals surface area (Å²) in [6, 6.07) is 0. The third kappa shape index (κ3) is 3.08. The van der Waals surface area contributed by atoms with Crippen molar-refractivity contribution >= 4 is 5.97 Å². The normalized spacial score (nSPS) is 54.2. The molecule has 0 aromatic carbocycles. The average Bonchev–Trinajstić information content (AvgIpc) is 2.74. The van der Waals surface area contributed by atoms with Crippen LogP contribution >= 0.6 is 0 Å². The first-order chi connectivity index (χ1) is 15.7. The zero-order valence-electron chi connectivity index (χ0n) is 23.6. The molecule has 0 radical (unpaired) electrons. The summed E-state index contributed by atoms with van der Waals surface area (Å²) >= 11 is 0. The number of rotatable bonds is 1. The van der Waals surface area contributed by atoms with Crippen molar-refractivity contribution in [3.05, 3.63) is 12.2 Å². The van der Waals surface area contributed by atoms with Gasteiger partial charge in [-0.2, -0.15) is 0 Å². The number of fused-ring (bicyclic) bond motifs is 7. The minimum atomic E-state index is -0.108. The van der Waals surface area contributed by atoms with Gasteiger partial charge in [0.1, 0.15) is 6.10 Å². The van der Waals surface area contributed by atoms with E-state index in [4.69, 9.17) is 4.74 Å². The Bertz CT molecular complexity index is 872. The summed E-state index contributed by atoms with van der Waals surface area (Å²) < 4.78 is 5.91. The van der Waals surface area contributed by atoms with E-state index >= 15 is 0 Å². The van der Waals surface area contributed by atoms with Crippen molar-refractivity contribution in [3.63, 3.8) is 0 Å². The van der Waals surface area contributed by atoms with Crippen LogP contribution in [0.5, 0.6) is 0 Å². The molecule has 5 aliphatic carbocycles. The second-order valence-corrected chi connectivity index (χ2v) is 15.3. The Balaban J connectivity index is 1.50. The van der Waals surface area contributed by atoms with Gasteiger partial charge in [0.25, 0.3) is 0 Å². The molecule has 0 spiro atoms. The lowest BCUT2D eigenvalue weighted by molar-refractivity contribution is -0.253. The van der Waals surface area contributed by atoms with Gasteiger partial charge in [-0.1, -0.05) is 60.6 Å². The van der Waals surface area contributed by atoms with Crippen LogP contribution < -0.4 is 0 Å². The smallest absolute Gasteiger partial charge is 0.302 e. The fourth-order valence-electron chi connectivity index (χ4n) is 11.8. The van der Waals surface area contributed by atoms with E-state index in [0.29, 0.717) is 33.5 Å². The zero-order valence-corrected chi connectivity index (χ0v) is 23.6. The Kier molecular flexibility index (Phi) is 5.57. The Hall–Kier alpha value is -0.790. The summed E-state index contributed by atoms with van der Waals surface area (Å²) in [7, 11) is 0. The Morgan fingerprint density at radius 3 is 2.24 bits per heavy atom. The molecule has 5 rings (SSSR count). The van der Waals surface area contributed by atoms with Gasteiger partial charge in [0.2, 0.25) is 0 Å². The average molecular weight is 469 g/mol. The van der Waals surface area contributed by atoms with E-state index in [1.54, 1.807) is 6.92 Å². The predicted octanol–water partition coefficient (Wildman–Crippen LogP) is 8.60. The molecular formula is C32H52O2. The van der Waals surface area contributed by atoms with Gasteiger partial charge < -0.3 is 4.74 Å². The lowest BCUT2D eigenvalue weighted by Gasteiger charge is -2.73. The molecule has 0 aliphatic heterocycles. The SMILES string of the molecule is C=C1CC[C@@]2(C)CC[C@]3(C)[C@@H](CC[C@@H]4[C@@]5(C)CC[C@@H](OC(C)=O)C(C)(C)[C@@H]5CC[C@]43C)[C@H]2[C@H]1C. The van der Waals surface area contributed by atoms with Crippen molar-refractivity contribution in [2.75, 3.05) is 0 Å². The van der Waals surface area contributed by atoms with Gasteiger partial charge in [0, 0.05) is 12.3 Å². The lowest BCUT2D eigenvalue weighted by atomic mass is 9.31. The molecule has 5 fully saturated rings. The second kappa shape index (κ2) is 7.61. The Labute approximate surface area is 210 Å². The fourth-order valence-corrected chi connectivity index (χ4v) is 11.8. The van der Waals surface area contributed by atoms with Crippen molar-refractivity contribution in [2.45, 2.75) is 126 Å². The molecule has 2 nitrogen and oxygen atoms in total.